The summed E-state index contributed by atoms with van der Waals surface area (Å²) in [6.45, 7) is 1.16. The highest BCUT2D eigenvalue weighted by Crippen LogP contribution is 2.31. The normalized spacial score (nSPS) is 13.7. The van der Waals surface area contributed by atoms with Crippen LogP contribution in [0.1, 0.15) is 5.69 Å². The number of alkyl halides is 1. The summed E-state index contributed by atoms with van der Waals surface area (Å²) in [6.07, 6.45) is 1.79. The van der Waals surface area contributed by atoms with Crippen molar-refractivity contribution in [3.8, 4) is 17.2 Å². The number of fused-ring (bicyclic) bond motifs is 1. The molecule has 0 atom stereocenters. The summed E-state index contributed by atoms with van der Waals surface area (Å²) in [4.78, 5) is 0. The van der Waals surface area contributed by atoms with Crippen LogP contribution in [0.5, 0.6) is 11.5 Å². The van der Waals surface area contributed by atoms with Gasteiger partial charge in [-0.1, -0.05) is 5.21 Å². The van der Waals surface area contributed by atoms with Gasteiger partial charge in [-0.3, -0.25) is 0 Å². The van der Waals surface area contributed by atoms with E-state index < -0.39 is 0 Å². The zero-order valence-corrected chi connectivity index (χ0v) is 9.72. The van der Waals surface area contributed by atoms with Gasteiger partial charge in [0.25, 0.3) is 0 Å². The van der Waals surface area contributed by atoms with Crippen LogP contribution in [0.2, 0.25) is 0 Å². The standard InChI is InChI=1S/C11H10ClN3O2/c12-6-8-7-15(14-13-8)9-1-2-10-11(5-9)17-4-3-16-10/h1-2,5,7H,3-4,6H2. The van der Waals surface area contributed by atoms with Crippen LogP contribution < -0.4 is 9.47 Å². The van der Waals surface area contributed by atoms with Crippen LogP contribution >= 0.6 is 11.6 Å². The average Bonchev–Trinajstić information content (AvgIpc) is 2.87. The summed E-state index contributed by atoms with van der Waals surface area (Å²) in [7, 11) is 0. The van der Waals surface area contributed by atoms with Gasteiger partial charge in [0.15, 0.2) is 11.5 Å². The molecule has 0 radical (unpaired) electrons. The fraction of sp³-hybridized carbons (Fsp3) is 0.273. The topological polar surface area (TPSA) is 49.2 Å². The Morgan fingerprint density at radius 3 is 2.82 bits per heavy atom. The van der Waals surface area contributed by atoms with Crippen LogP contribution in [0.25, 0.3) is 5.69 Å². The van der Waals surface area contributed by atoms with Crippen LogP contribution in [0.3, 0.4) is 0 Å². The Bertz CT molecular complexity index is 541. The van der Waals surface area contributed by atoms with Crippen LogP contribution in [0, 0.1) is 0 Å². The first-order valence-electron chi connectivity index (χ1n) is 5.24. The summed E-state index contributed by atoms with van der Waals surface area (Å²) in [5, 5.41) is 7.92. The van der Waals surface area contributed by atoms with Gasteiger partial charge in [0.2, 0.25) is 0 Å². The maximum atomic E-state index is 5.68. The Morgan fingerprint density at radius 1 is 1.24 bits per heavy atom. The molecule has 0 N–H and O–H groups in total. The molecule has 5 nitrogen and oxygen atoms in total. The molecule has 6 heteroatoms. The molecule has 3 rings (SSSR count). The lowest BCUT2D eigenvalue weighted by Crippen LogP contribution is -2.15. The molecular weight excluding hydrogens is 242 g/mol. The summed E-state index contributed by atoms with van der Waals surface area (Å²) in [5.41, 5.74) is 1.61. The SMILES string of the molecule is ClCc1cn(-c2ccc3c(c2)OCCO3)nn1. The van der Waals surface area contributed by atoms with Crippen molar-refractivity contribution in [2.45, 2.75) is 5.88 Å². The van der Waals surface area contributed by atoms with E-state index in [1.807, 2.05) is 18.2 Å². The molecule has 2 heterocycles. The fourth-order valence-corrected chi connectivity index (χ4v) is 1.78. The summed E-state index contributed by atoms with van der Waals surface area (Å²) >= 11 is 5.68. The molecule has 0 saturated carbocycles. The zero-order valence-electron chi connectivity index (χ0n) is 8.97. The second kappa shape index (κ2) is 4.25. The van der Waals surface area contributed by atoms with Crippen LogP contribution in [-0.2, 0) is 5.88 Å². The first-order valence-corrected chi connectivity index (χ1v) is 5.77. The van der Waals surface area contributed by atoms with Crippen molar-refractivity contribution in [2.24, 2.45) is 0 Å². The molecule has 0 fully saturated rings. The van der Waals surface area contributed by atoms with Crippen molar-refractivity contribution >= 4 is 11.6 Å². The van der Waals surface area contributed by atoms with Gasteiger partial charge in [-0.15, -0.1) is 16.7 Å². The molecular formula is C11H10ClN3O2. The molecule has 0 unspecified atom stereocenters. The highest BCUT2D eigenvalue weighted by atomic mass is 35.5. The molecule has 17 heavy (non-hydrogen) atoms. The van der Waals surface area contributed by atoms with Gasteiger partial charge in [-0.2, -0.15) is 0 Å². The van der Waals surface area contributed by atoms with E-state index >= 15 is 0 Å². The molecule has 0 saturated heterocycles. The molecule has 0 bridgehead atoms. The number of hydrogen-bond acceptors (Lipinski definition) is 4. The first kappa shape index (κ1) is 10.4. The maximum absolute atomic E-state index is 5.68. The Balaban J connectivity index is 1.97. The number of ether oxygens (including phenoxy) is 2. The van der Waals surface area contributed by atoms with Gasteiger partial charge in [0.1, 0.15) is 13.2 Å². The third-order valence-electron chi connectivity index (χ3n) is 2.47. The minimum atomic E-state index is 0.352. The number of halogens is 1. The number of benzene rings is 1. The van der Waals surface area contributed by atoms with Gasteiger partial charge in [-0.25, -0.2) is 4.68 Å². The van der Waals surface area contributed by atoms with Gasteiger partial charge in [0.05, 0.1) is 23.5 Å². The number of hydrogen-bond donors (Lipinski definition) is 0. The molecule has 0 spiro atoms. The molecule has 0 amide bonds. The number of nitrogens with zero attached hydrogens (tertiary/aromatic N) is 3. The Kier molecular flexibility index (Phi) is 2.60. The number of rotatable bonds is 2. The van der Waals surface area contributed by atoms with E-state index in [1.54, 1.807) is 10.9 Å². The monoisotopic (exact) mass is 251 g/mol. The van der Waals surface area contributed by atoms with E-state index in [-0.39, 0.29) is 0 Å². The zero-order chi connectivity index (χ0) is 11.7. The van der Waals surface area contributed by atoms with Crippen LogP contribution in [0.15, 0.2) is 24.4 Å². The molecule has 1 aliphatic rings. The van der Waals surface area contributed by atoms with Crippen molar-refractivity contribution < 1.29 is 9.47 Å². The van der Waals surface area contributed by atoms with E-state index in [1.165, 1.54) is 0 Å². The van der Waals surface area contributed by atoms with Gasteiger partial charge in [0, 0.05) is 6.07 Å². The van der Waals surface area contributed by atoms with Crippen molar-refractivity contribution in [1.82, 2.24) is 15.0 Å². The van der Waals surface area contributed by atoms with E-state index in [2.05, 4.69) is 10.3 Å². The minimum absolute atomic E-state index is 0.352. The van der Waals surface area contributed by atoms with Crippen LogP contribution in [0.4, 0.5) is 0 Å². The average molecular weight is 252 g/mol. The molecule has 0 aliphatic carbocycles. The summed E-state index contributed by atoms with van der Waals surface area (Å²) < 4.78 is 12.6. The molecule has 2 aromatic rings. The van der Waals surface area contributed by atoms with Gasteiger partial charge >= 0.3 is 0 Å². The molecule has 1 aromatic carbocycles. The predicted molar refractivity (Wildman–Crippen MR) is 61.9 cm³/mol. The molecule has 1 aromatic heterocycles. The summed E-state index contributed by atoms with van der Waals surface area (Å²) in [5.74, 6) is 1.85. The Labute approximate surface area is 103 Å². The van der Waals surface area contributed by atoms with Crippen molar-refractivity contribution in [3.63, 3.8) is 0 Å². The maximum Gasteiger partial charge on any atom is 0.163 e. The lowest BCUT2D eigenvalue weighted by Gasteiger charge is -2.18. The Hall–Kier alpha value is -1.75. The largest absolute Gasteiger partial charge is 0.486 e. The van der Waals surface area contributed by atoms with Gasteiger partial charge < -0.3 is 9.47 Å². The lowest BCUT2D eigenvalue weighted by atomic mass is 10.2. The van der Waals surface area contributed by atoms with Gasteiger partial charge in [-0.05, 0) is 12.1 Å². The van der Waals surface area contributed by atoms with E-state index in [0.29, 0.717) is 19.1 Å². The van der Waals surface area contributed by atoms with Crippen molar-refractivity contribution in [1.29, 1.82) is 0 Å². The van der Waals surface area contributed by atoms with E-state index in [4.69, 9.17) is 21.1 Å². The highest BCUT2D eigenvalue weighted by molar-refractivity contribution is 6.16. The van der Waals surface area contributed by atoms with Crippen LogP contribution in [-0.4, -0.2) is 28.2 Å². The van der Waals surface area contributed by atoms with Crippen molar-refractivity contribution in [2.75, 3.05) is 13.2 Å². The molecule has 88 valence electrons. The third kappa shape index (κ3) is 1.93. The summed E-state index contributed by atoms with van der Waals surface area (Å²) in [6, 6.07) is 5.65. The second-order valence-electron chi connectivity index (χ2n) is 3.62. The predicted octanol–water partition coefficient (Wildman–Crippen LogP) is 1.78. The second-order valence-corrected chi connectivity index (χ2v) is 3.88. The molecule has 1 aliphatic heterocycles. The quantitative estimate of drug-likeness (QED) is 0.764. The third-order valence-corrected chi connectivity index (χ3v) is 2.74. The number of aromatic nitrogens is 3. The van der Waals surface area contributed by atoms with Crippen molar-refractivity contribution in [3.05, 3.63) is 30.1 Å². The Morgan fingerprint density at radius 2 is 2.06 bits per heavy atom. The van der Waals surface area contributed by atoms with E-state index in [0.717, 1.165) is 22.9 Å². The first-order chi connectivity index (χ1) is 8.36. The minimum Gasteiger partial charge on any atom is -0.486 e. The smallest absolute Gasteiger partial charge is 0.163 e. The fourth-order valence-electron chi connectivity index (χ4n) is 1.66. The highest BCUT2D eigenvalue weighted by Gasteiger charge is 2.12. The lowest BCUT2D eigenvalue weighted by molar-refractivity contribution is 0.171. The van der Waals surface area contributed by atoms with E-state index in [9.17, 15) is 0 Å².